The van der Waals surface area contributed by atoms with Crippen LogP contribution in [0.5, 0.6) is 0 Å². The van der Waals surface area contributed by atoms with Gasteiger partial charge in [0.1, 0.15) is 0 Å². The lowest BCUT2D eigenvalue weighted by Crippen LogP contribution is -1.60. The molecular weight excluding hydrogens is 155 g/mol. The lowest BCUT2D eigenvalue weighted by molar-refractivity contribution is 1.65. The molecule has 0 bridgehead atoms. The topological polar surface area (TPSA) is 0 Å². The van der Waals surface area contributed by atoms with Gasteiger partial charge in [-0.1, -0.05) is 25.3 Å². The minimum absolute atomic E-state index is 0.562. The molecule has 0 radical (unpaired) electrons. The van der Waals surface area contributed by atoms with E-state index in [0.717, 1.165) is 0 Å². The van der Waals surface area contributed by atoms with Crippen molar-refractivity contribution < 1.29 is 0 Å². The van der Waals surface area contributed by atoms with Crippen LogP contribution in [0.4, 0.5) is 0 Å². The van der Waals surface area contributed by atoms with Crippen LogP contribution >= 0.6 is 23.2 Å². The molecule has 0 nitrogen and oxygen atoms in total. The summed E-state index contributed by atoms with van der Waals surface area (Å²) < 4.78 is 0. The second-order valence-electron chi connectivity index (χ2n) is 1.03. The fourth-order valence-electron chi connectivity index (χ4n) is 0.126. The van der Waals surface area contributed by atoms with Crippen molar-refractivity contribution in [3.05, 3.63) is 31.0 Å². The third-order valence-electron chi connectivity index (χ3n) is 0.345. The summed E-state index contributed by atoms with van der Waals surface area (Å²) in [5, 5.41) is 0. The summed E-state index contributed by atoms with van der Waals surface area (Å²) in [7, 11) is 0. The smallest absolute Gasteiger partial charge is 0.0404 e. The van der Waals surface area contributed by atoms with Gasteiger partial charge in [0.2, 0.25) is 0 Å². The number of alkyl halides is 2. The fourth-order valence-corrected chi connectivity index (χ4v) is 0.378. The van der Waals surface area contributed by atoms with Crippen molar-refractivity contribution in [2.45, 2.75) is 0 Å². The van der Waals surface area contributed by atoms with Gasteiger partial charge in [0.25, 0.3) is 0 Å². The van der Waals surface area contributed by atoms with E-state index in [2.05, 4.69) is 18.9 Å². The Morgan fingerprint density at radius 3 is 1.44 bits per heavy atom. The molecule has 9 heavy (non-hydrogen) atoms. The molecule has 0 atom stereocenters. The number of rotatable bonds is 2. The maximum atomic E-state index is 5.23. The Morgan fingerprint density at radius 1 is 1.11 bits per heavy atom. The molecule has 0 heterocycles. The van der Waals surface area contributed by atoms with Gasteiger partial charge in [0.05, 0.1) is 0 Å². The summed E-state index contributed by atoms with van der Waals surface area (Å²) in [5.74, 6) is 1.12. The standard InChI is InChI=1S/C4H6Cl2.C3H4/c5-3-1-2-4-6;1-3-2/h1-2H,3-4H2;1-2H2. The molecule has 0 aromatic carbocycles. The summed E-state index contributed by atoms with van der Waals surface area (Å²) in [4.78, 5) is 0. The van der Waals surface area contributed by atoms with Gasteiger partial charge in [-0.25, -0.2) is 0 Å². The predicted octanol–water partition coefficient (Wildman–Crippen LogP) is 2.98. The van der Waals surface area contributed by atoms with Crippen LogP contribution in [0.2, 0.25) is 0 Å². The van der Waals surface area contributed by atoms with E-state index in [-0.39, 0.29) is 0 Å². The van der Waals surface area contributed by atoms with Gasteiger partial charge in [-0.05, 0) is 0 Å². The molecule has 0 rings (SSSR count). The van der Waals surface area contributed by atoms with E-state index in [0.29, 0.717) is 11.8 Å². The van der Waals surface area contributed by atoms with Crippen LogP contribution in [-0.2, 0) is 0 Å². The summed E-state index contributed by atoms with van der Waals surface area (Å²) in [6.45, 7) is 6.25. The second kappa shape index (κ2) is 15.7. The summed E-state index contributed by atoms with van der Waals surface area (Å²) in [6, 6.07) is 0. The Kier molecular flexibility index (Phi) is 20.2. The van der Waals surface area contributed by atoms with Gasteiger partial charge < -0.3 is 0 Å². The Hall–Kier alpha value is -0.160. The molecule has 0 saturated heterocycles. The number of hydrogen-bond acceptors (Lipinski definition) is 0. The fraction of sp³-hybridized carbons (Fsp3) is 0.286. The molecule has 0 N–H and O–H groups in total. The van der Waals surface area contributed by atoms with Gasteiger partial charge in [-0.15, -0.1) is 28.9 Å². The molecule has 0 unspecified atom stereocenters. The van der Waals surface area contributed by atoms with E-state index in [4.69, 9.17) is 23.2 Å². The van der Waals surface area contributed by atoms with Gasteiger partial charge in [-0.2, -0.15) is 0 Å². The number of halogens is 2. The summed E-state index contributed by atoms with van der Waals surface area (Å²) in [5.41, 5.74) is 2.25. The van der Waals surface area contributed by atoms with Crippen LogP contribution in [0.25, 0.3) is 0 Å². The average molecular weight is 165 g/mol. The van der Waals surface area contributed by atoms with E-state index in [1.807, 2.05) is 12.2 Å². The molecule has 2 heteroatoms. The first-order valence-corrected chi connectivity index (χ1v) is 3.46. The highest BCUT2D eigenvalue weighted by Crippen LogP contribution is 1.79. The van der Waals surface area contributed by atoms with Crippen molar-refractivity contribution in [3.63, 3.8) is 0 Å². The first-order valence-electron chi connectivity index (χ1n) is 2.39. The molecule has 0 saturated carbocycles. The normalized spacial score (nSPS) is 7.78. The van der Waals surface area contributed by atoms with Crippen molar-refractivity contribution in [3.8, 4) is 0 Å². The van der Waals surface area contributed by atoms with Gasteiger partial charge in [0.15, 0.2) is 0 Å². The lowest BCUT2D eigenvalue weighted by Gasteiger charge is -1.69. The molecule has 0 aromatic rings. The van der Waals surface area contributed by atoms with Crippen molar-refractivity contribution in [2.75, 3.05) is 11.8 Å². The summed E-state index contributed by atoms with van der Waals surface area (Å²) >= 11 is 10.5. The van der Waals surface area contributed by atoms with Crippen molar-refractivity contribution in [1.82, 2.24) is 0 Å². The minimum atomic E-state index is 0.562. The Morgan fingerprint density at radius 2 is 1.33 bits per heavy atom. The first-order chi connectivity index (χ1) is 4.33. The van der Waals surface area contributed by atoms with Crippen LogP contribution in [0.3, 0.4) is 0 Å². The monoisotopic (exact) mass is 164 g/mol. The molecule has 0 aliphatic carbocycles. The zero-order valence-corrected chi connectivity index (χ0v) is 6.75. The van der Waals surface area contributed by atoms with Crippen LogP contribution in [0.1, 0.15) is 0 Å². The average Bonchev–Trinajstić information content (AvgIpc) is 1.86. The van der Waals surface area contributed by atoms with Crippen molar-refractivity contribution >= 4 is 23.2 Å². The van der Waals surface area contributed by atoms with Crippen LogP contribution in [0.15, 0.2) is 31.0 Å². The van der Waals surface area contributed by atoms with Gasteiger partial charge in [-0.3, -0.25) is 0 Å². The third-order valence-corrected chi connectivity index (χ3v) is 0.701. The van der Waals surface area contributed by atoms with Crippen molar-refractivity contribution in [1.29, 1.82) is 0 Å². The zero-order valence-electron chi connectivity index (χ0n) is 5.24. The minimum Gasteiger partial charge on any atom is -0.137 e. The quantitative estimate of drug-likeness (QED) is 0.335. The van der Waals surface area contributed by atoms with E-state index in [1.165, 1.54) is 0 Å². The van der Waals surface area contributed by atoms with Crippen molar-refractivity contribution in [2.24, 2.45) is 0 Å². The maximum Gasteiger partial charge on any atom is 0.0404 e. The highest BCUT2D eigenvalue weighted by atomic mass is 35.5. The van der Waals surface area contributed by atoms with E-state index >= 15 is 0 Å². The van der Waals surface area contributed by atoms with Crippen LogP contribution < -0.4 is 0 Å². The van der Waals surface area contributed by atoms with E-state index in [9.17, 15) is 0 Å². The lowest BCUT2D eigenvalue weighted by atomic mass is 10.6. The molecular formula is C7H10Cl2. The highest BCUT2D eigenvalue weighted by molar-refractivity contribution is 6.20. The molecule has 0 spiro atoms. The molecule has 52 valence electrons. The van der Waals surface area contributed by atoms with Gasteiger partial charge >= 0.3 is 0 Å². The Bertz CT molecular complexity index is 83.1. The molecule has 0 aliphatic heterocycles. The zero-order chi connectivity index (χ0) is 7.54. The Labute approximate surface area is 66.5 Å². The van der Waals surface area contributed by atoms with Crippen LogP contribution in [0, 0.1) is 0 Å². The molecule has 0 aromatic heterocycles. The SMILES string of the molecule is C=C=C.ClCC=CCCl. The summed E-state index contributed by atoms with van der Waals surface area (Å²) in [6.07, 6.45) is 3.63. The van der Waals surface area contributed by atoms with E-state index in [1.54, 1.807) is 0 Å². The first kappa shape index (κ1) is 11.6. The van der Waals surface area contributed by atoms with Crippen LogP contribution in [-0.4, -0.2) is 11.8 Å². The van der Waals surface area contributed by atoms with E-state index < -0.39 is 0 Å². The maximum absolute atomic E-state index is 5.23. The molecule has 0 aliphatic rings. The predicted molar refractivity (Wildman–Crippen MR) is 45.3 cm³/mol. The molecule has 0 fully saturated rings. The highest BCUT2D eigenvalue weighted by Gasteiger charge is 1.63. The number of hydrogen-bond donors (Lipinski definition) is 0. The Balaban J connectivity index is 0. The van der Waals surface area contributed by atoms with Gasteiger partial charge in [0, 0.05) is 11.8 Å². The molecule has 0 amide bonds. The third kappa shape index (κ3) is 33.2. The largest absolute Gasteiger partial charge is 0.137 e. The number of allylic oxidation sites excluding steroid dienone is 2. The second-order valence-corrected chi connectivity index (χ2v) is 1.65.